The molecule has 0 aromatic rings. The van der Waals surface area contributed by atoms with Crippen LogP contribution in [0.3, 0.4) is 0 Å². The van der Waals surface area contributed by atoms with Gasteiger partial charge in [-0.25, -0.2) is 0 Å². The maximum atomic E-state index is 2.20. The van der Waals surface area contributed by atoms with Gasteiger partial charge in [-0.3, -0.25) is 4.70 Å². The van der Waals surface area contributed by atoms with Crippen LogP contribution >= 0.6 is 0 Å². The Labute approximate surface area is 327 Å². The summed E-state index contributed by atoms with van der Waals surface area (Å²) in [6.45, 7) is 40.3. The molecule has 5 aliphatic rings. The summed E-state index contributed by atoms with van der Waals surface area (Å²) in [7, 11) is 0. The maximum absolute atomic E-state index is 2.20. The summed E-state index contributed by atoms with van der Waals surface area (Å²) in [5.74, 6) is 0. The first-order valence-electron chi connectivity index (χ1n) is 18.9. The first-order chi connectivity index (χ1) is 22.3. The third-order valence-electron chi connectivity index (χ3n) is 4.09. The molecule has 0 atom stereocenters. The lowest BCUT2D eigenvalue weighted by molar-refractivity contribution is 1.11. The molecule has 0 aromatic heterocycles. The van der Waals surface area contributed by atoms with Gasteiger partial charge >= 0.3 is 0 Å². The smallest absolute Gasteiger partial charge is 0 e. The molecule has 0 fully saturated rings. The quantitative estimate of drug-likeness (QED) is 0.220. The van der Waals surface area contributed by atoms with Gasteiger partial charge in [0.1, 0.15) is 0 Å². The van der Waals surface area contributed by atoms with Crippen LogP contribution in [0.1, 0.15) is 194 Å². The molecule has 50 heavy (non-hydrogen) atoms. The summed E-state index contributed by atoms with van der Waals surface area (Å²) in [5.41, 5.74) is 2.96. The maximum Gasteiger partial charge on any atom is 0 e. The molecular weight excluding hydrogens is 606 g/mol. The van der Waals surface area contributed by atoms with Crippen LogP contribution < -0.4 is 0 Å². The predicted molar refractivity (Wildman–Crippen MR) is 256 cm³/mol. The van der Waals surface area contributed by atoms with Gasteiger partial charge in [-0.1, -0.05) is 267 Å². The van der Waals surface area contributed by atoms with E-state index >= 15 is 0 Å². The van der Waals surface area contributed by atoms with Crippen molar-refractivity contribution in [1.82, 2.24) is 0 Å². The zero-order valence-corrected chi connectivity index (χ0v) is 35.9. The Balaban J connectivity index is -0.0000000215. The van der Waals surface area contributed by atoms with E-state index in [-0.39, 0.29) is 36.8 Å². The number of rotatable bonds is 0. The Hall–Kier alpha value is -2.61. The van der Waals surface area contributed by atoms with Crippen LogP contribution in [-0.4, -0.2) is 8.41 Å². The Kier molecular flexibility index (Phi) is 251. The molecule has 0 saturated heterocycles. The van der Waals surface area contributed by atoms with Crippen molar-refractivity contribution < 1.29 is 6.13 Å². The molecule has 305 valence electrons. The van der Waals surface area contributed by atoms with Crippen LogP contribution in [0.15, 0.2) is 121 Å². The predicted octanol–water partition coefficient (Wildman–Crippen LogP) is 19.5. The molecule has 0 heterocycles. The summed E-state index contributed by atoms with van der Waals surface area (Å²) in [5, 5.41) is 0. The van der Waals surface area contributed by atoms with Gasteiger partial charge in [0.15, 0.2) is 0 Å². The van der Waals surface area contributed by atoms with Crippen molar-refractivity contribution in [3.8, 4) is 0 Å². The van der Waals surface area contributed by atoms with E-state index in [1.165, 1.54) is 17.6 Å². The molecule has 0 aromatic carbocycles. The molecule has 5 aliphatic carbocycles. The van der Waals surface area contributed by atoms with Crippen molar-refractivity contribution in [2.75, 3.05) is 0 Å². The summed E-state index contributed by atoms with van der Waals surface area (Å²) < 4.78 is 0. The van der Waals surface area contributed by atoms with Crippen molar-refractivity contribution in [2.24, 2.45) is 0 Å². The van der Waals surface area contributed by atoms with E-state index in [4.69, 9.17) is 0 Å². The molecule has 0 N–H and O–H groups in total. The Bertz CT molecular complexity index is 573. The zero-order valence-electron chi connectivity index (χ0n) is 35.9. The highest BCUT2D eigenvalue weighted by atomic mass is 19.0. The van der Waals surface area contributed by atoms with Crippen LogP contribution in [0.25, 0.3) is 0 Å². The zero-order chi connectivity index (χ0) is 37.4. The summed E-state index contributed by atoms with van der Waals surface area (Å²) in [6.07, 6.45) is 43.5. The minimum absolute atomic E-state index is 0. The van der Waals surface area contributed by atoms with Crippen molar-refractivity contribution in [2.45, 2.75) is 193 Å². The van der Waals surface area contributed by atoms with E-state index in [0.29, 0.717) is 0 Å². The van der Waals surface area contributed by atoms with Crippen LogP contribution in [0.4, 0.5) is 4.70 Å². The molecule has 0 bridgehead atoms. The number of halogens is 1. The van der Waals surface area contributed by atoms with Crippen molar-refractivity contribution >= 4 is 8.41 Å². The van der Waals surface area contributed by atoms with Gasteiger partial charge in [0.25, 0.3) is 0 Å². The minimum Gasteiger partial charge on any atom is -0.269 e. The van der Waals surface area contributed by atoms with Gasteiger partial charge in [-0.15, -0.1) is 0 Å². The van der Waals surface area contributed by atoms with E-state index in [1.807, 2.05) is 125 Å². The Morgan fingerprint density at radius 3 is 0.540 bits per heavy atom. The normalized spacial score (nSPS) is 10.8. The van der Waals surface area contributed by atoms with Crippen LogP contribution in [-0.2, 0) is 0 Å². The van der Waals surface area contributed by atoms with Crippen LogP contribution in [0.2, 0.25) is 0 Å². The third kappa shape index (κ3) is 119. The Morgan fingerprint density at radius 1 is 0.340 bits per heavy atom. The average Bonchev–Trinajstić information content (AvgIpc) is 4.03. The first kappa shape index (κ1) is 91.5. The average molecular weight is 711 g/mol. The second-order valence-electron chi connectivity index (χ2n) is 6.44. The molecular formula is C48H103BF. The van der Waals surface area contributed by atoms with Gasteiger partial charge in [0.05, 0.1) is 0 Å². The van der Waals surface area contributed by atoms with E-state index in [0.717, 1.165) is 25.7 Å². The largest absolute Gasteiger partial charge is 0.269 e. The highest BCUT2D eigenvalue weighted by Crippen LogP contribution is 2.16. The Morgan fingerprint density at radius 2 is 0.500 bits per heavy atom. The topological polar surface area (TPSA) is 0 Å². The molecule has 0 nitrogen and oxygen atoms in total. The SMILES string of the molecule is C.C.C.C1=CCC=C1.C1=CCC=C1.C1=CCC=C1.C1=CCC=C1.CC.CC.CC.CC.CC.CC.CC.CC.CC.CC1=C(C)CC=C1.F.[2HH].[B]. The molecule has 0 aliphatic heterocycles. The highest BCUT2D eigenvalue weighted by Gasteiger charge is 1.95. The molecule has 0 unspecified atom stereocenters. The lowest BCUT2D eigenvalue weighted by Crippen LogP contribution is -1.67. The van der Waals surface area contributed by atoms with E-state index < -0.39 is 0 Å². The summed E-state index contributed by atoms with van der Waals surface area (Å²) in [4.78, 5) is 0. The second kappa shape index (κ2) is 137. The summed E-state index contributed by atoms with van der Waals surface area (Å²) >= 11 is 0. The van der Waals surface area contributed by atoms with Crippen molar-refractivity contribution in [1.29, 1.82) is 0 Å². The third-order valence-corrected chi connectivity index (χ3v) is 4.09. The lowest BCUT2D eigenvalue weighted by atomic mass is 10.2. The van der Waals surface area contributed by atoms with E-state index in [1.54, 1.807) is 0 Å². The fourth-order valence-electron chi connectivity index (χ4n) is 2.29. The summed E-state index contributed by atoms with van der Waals surface area (Å²) in [6, 6.07) is 0. The van der Waals surface area contributed by atoms with E-state index in [2.05, 4.69) is 123 Å². The molecule has 0 saturated carbocycles. The highest BCUT2D eigenvalue weighted by molar-refractivity contribution is 5.75. The van der Waals surface area contributed by atoms with Crippen LogP contribution in [0.5, 0.6) is 0 Å². The number of hydrogen-bond donors (Lipinski definition) is 0. The lowest BCUT2D eigenvalue weighted by Gasteiger charge is -1.87. The molecule has 0 amide bonds. The monoisotopic (exact) mass is 711 g/mol. The van der Waals surface area contributed by atoms with Crippen molar-refractivity contribution in [3.05, 3.63) is 121 Å². The first-order valence-corrected chi connectivity index (χ1v) is 18.9. The number of hydrogen-bond acceptors (Lipinski definition) is 0. The second-order valence-corrected chi connectivity index (χ2v) is 6.44. The fraction of sp³-hybridized carbons (Fsp3) is 0.583. The van der Waals surface area contributed by atoms with Crippen LogP contribution in [0, 0.1) is 0 Å². The van der Waals surface area contributed by atoms with E-state index in [9.17, 15) is 0 Å². The standard InChI is InChI=1S/C7H10.4C5H6.9C2H6.3CH4.B.FH.H2/c1-6-4-3-5-7(6)2;4*1-2-4-5-3-1;9*1-2;;;;;;/h3-4H,5H2,1-2H3;4*1-4H,5H2;9*1-2H3;3*1H4;;2*1H/i;;;;;;;;;;;;;;;;;;;1+1. The molecule has 0 spiro atoms. The molecule has 5 rings (SSSR count). The van der Waals surface area contributed by atoms with Gasteiger partial charge in [-0.05, 0) is 46.0 Å². The molecule has 2 heteroatoms. The van der Waals surface area contributed by atoms with Gasteiger partial charge < -0.3 is 0 Å². The molecule has 3 radical (unpaired) electrons. The van der Waals surface area contributed by atoms with Crippen molar-refractivity contribution in [3.63, 3.8) is 0 Å². The minimum atomic E-state index is 0. The fourth-order valence-corrected chi connectivity index (χ4v) is 2.29. The van der Waals surface area contributed by atoms with Gasteiger partial charge in [-0.2, -0.15) is 0 Å². The number of allylic oxidation sites excluding steroid dienone is 20. The van der Waals surface area contributed by atoms with Gasteiger partial charge in [0.2, 0.25) is 0 Å². The van der Waals surface area contributed by atoms with Gasteiger partial charge in [0, 0.05) is 9.84 Å².